The predicted octanol–water partition coefficient (Wildman–Crippen LogP) is 2.24. The van der Waals surface area contributed by atoms with Gasteiger partial charge in [-0.25, -0.2) is 8.42 Å². The minimum absolute atomic E-state index is 0.0365. The van der Waals surface area contributed by atoms with Crippen LogP contribution in [0, 0.1) is 12.8 Å². The number of hydrogen-bond donors (Lipinski definition) is 2. The minimum atomic E-state index is -3.34. The molecule has 94 valence electrons. The molecular weight excluding hydrogens is 238 g/mol. The van der Waals surface area contributed by atoms with Crippen LogP contribution in [0.3, 0.4) is 0 Å². The Balaban J connectivity index is 2.04. The lowest BCUT2D eigenvalue weighted by atomic mass is 10.2. The monoisotopic (exact) mass is 255 g/mol. The highest BCUT2D eigenvalue weighted by Crippen LogP contribution is 2.33. The average molecular weight is 255 g/mol. The van der Waals surface area contributed by atoms with Crippen molar-refractivity contribution in [2.45, 2.75) is 26.2 Å². The second-order valence-corrected chi connectivity index (χ2v) is 6.52. The van der Waals surface area contributed by atoms with Crippen LogP contribution in [-0.2, 0) is 10.0 Å². The molecule has 1 aromatic rings. The molecule has 1 saturated carbocycles. The zero-order chi connectivity index (χ0) is 12.5. The number of rotatable bonds is 5. The van der Waals surface area contributed by atoms with Gasteiger partial charge in [-0.05, 0) is 37.0 Å². The van der Waals surface area contributed by atoms with Gasteiger partial charge < -0.3 is 5.11 Å². The van der Waals surface area contributed by atoms with Gasteiger partial charge in [0.15, 0.2) is 0 Å². The van der Waals surface area contributed by atoms with Crippen LogP contribution < -0.4 is 4.72 Å². The molecule has 1 fully saturated rings. The van der Waals surface area contributed by atoms with Gasteiger partial charge in [0.1, 0.15) is 5.75 Å². The van der Waals surface area contributed by atoms with Crippen molar-refractivity contribution in [1.82, 2.24) is 0 Å². The van der Waals surface area contributed by atoms with Gasteiger partial charge in [-0.2, -0.15) is 0 Å². The van der Waals surface area contributed by atoms with E-state index in [2.05, 4.69) is 4.72 Å². The molecule has 5 heteroatoms. The van der Waals surface area contributed by atoms with E-state index in [0.29, 0.717) is 12.3 Å². The number of aromatic hydroxyl groups is 1. The summed E-state index contributed by atoms with van der Waals surface area (Å²) < 4.78 is 26.0. The Kier molecular flexibility index (Phi) is 3.28. The van der Waals surface area contributed by atoms with Gasteiger partial charge in [-0.1, -0.05) is 18.9 Å². The zero-order valence-electron chi connectivity index (χ0n) is 9.81. The first-order valence-corrected chi connectivity index (χ1v) is 7.41. The highest BCUT2D eigenvalue weighted by Gasteiger charge is 2.24. The summed E-state index contributed by atoms with van der Waals surface area (Å²) in [6.07, 6.45) is 3.00. The van der Waals surface area contributed by atoms with Crippen LogP contribution in [-0.4, -0.2) is 19.3 Å². The maximum Gasteiger partial charge on any atom is 0.232 e. The van der Waals surface area contributed by atoms with Crippen LogP contribution in [0.4, 0.5) is 5.69 Å². The van der Waals surface area contributed by atoms with E-state index in [0.717, 1.165) is 18.4 Å². The van der Waals surface area contributed by atoms with E-state index in [9.17, 15) is 13.5 Å². The Labute approximate surface area is 102 Å². The van der Waals surface area contributed by atoms with Gasteiger partial charge in [0.2, 0.25) is 10.0 Å². The molecule has 0 aliphatic heterocycles. The molecular formula is C12H17NO3S. The smallest absolute Gasteiger partial charge is 0.232 e. The molecule has 0 unspecified atom stereocenters. The molecule has 0 amide bonds. The lowest BCUT2D eigenvalue weighted by Crippen LogP contribution is -2.17. The van der Waals surface area contributed by atoms with Gasteiger partial charge in [0.25, 0.3) is 0 Å². The lowest BCUT2D eigenvalue weighted by molar-refractivity contribution is 0.477. The van der Waals surface area contributed by atoms with Crippen molar-refractivity contribution in [3.05, 3.63) is 23.8 Å². The molecule has 2 rings (SSSR count). The molecule has 0 radical (unpaired) electrons. The summed E-state index contributed by atoms with van der Waals surface area (Å²) in [7, 11) is -3.34. The molecule has 1 aromatic carbocycles. The molecule has 0 bridgehead atoms. The molecule has 17 heavy (non-hydrogen) atoms. The van der Waals surface area contributed by atoms with Crippen molar-refractivity contribution < 1.29 is 13.5 Å². The fraction of sp³-hybridized carbons (Fsp3) is 0.500. The average Bonchev–Trinajstić information content (AvgIpc) is 3.04. The lowest BCUT2D eigenvalue weighted by Gasteiger charge is -2.10. The number of nitrogens with one attached hydrogen (secondary N) is 1. The van der Waals surface area contributed by atoms with Crippen LogP contribution in [0.25, 0.3) is 0 Å². The quantitative estimate of drug-likeness (QED) is 0.793. The van der Waals surface area contributed by atoms with Crippen molar-refractivity contribution in [3.63, 3.8) is 0 Å². The fourth-order valence-corrected chi connectivity index (χ4v) is 2.92. The summed E-state index contributed by atoms with van der Waals surface area (Å²) in [4.78, 5) is 0. The summed E-state index contributed by atoms with van der Waals surface area (Å²) in [5, 5.41) is 9.56. The Morgan fingerprint density at radius 2 is 2.12 bits per heavy atom. The van der Waals surface area contributed by atoms with E-state index >= 15 is 0 Å². The normalized spacial score (nSPS) is 15.8. The summed E-state index contributed by atoms with van der Waals surface area (Å²) >= 11 is 0. The molecule has 2 N–H and O–H groups in total. The first-order valence-electron chi connectivity index (χ1n) is 5.76. The molecule has 0 heterocycles. The SMILES string of the molecule is Cc1ccc(O)c(NS(=O)(=O)CCC2CC2)c1. The number of aryl methyl sites for hydroxylation is 1. The maximum atomic E-state index is 11.8. The van der Waals surface area contributed by atoms with Crippen molar-refractivity contribution in [3.8, 4) is 5.75 Å². The summed E-state index contributed by atoms with van der Waals surface area (Å²) in [6, 6.07) is 4.86. The molecule has 0 spiro atoms. The third kappa shape index (κ3) is 3.63. The van der Waals surface area contributed by atoms with Crippen molar-refractivity contribution >= 4 is 15.7 Å². The van der Waals surface area contributed by atoms with Crippen LogP contribution in [0.15, 0.2) is 18.2 Å². The highest BCUT2D eigenvalue weighted by atomic mass is 32.2. The van der Waals surface area contributed by atoms with Crippen LogP contribution >= 0.6 is 0 Å². The van der Waals surface area contributed by atoms with E-state index in [1.54, 1.807) is 12.1 Å². The summed E-state index contributed by atoms with van der Waals surface area (Å²) in [6.45, 7) is 1.85. The third-order valence-electron chi connectivity index (χ3n) is 2.91. The number of sulfonamides is 1. The van der Waals surface area contributed by atoms with Gasteiger partial charge in [0, 0.05) is 0 Å². The van der Waals surface area contributed by atoms with Crippen LogP contribution in [0.2, 0.25) is 0 Å². The van der Waals surface area contributed by atoms with Gasteiger partial charge in [0.05, 0.1) is 11.4 Å². The Morgan fingerprint density at radius 1 is 1.41 bits per heavy atom. The molecule has 0 saturated heterocycles. The van der Waals surface area contributed by atoms with E-state index in [1.807, 2.05) is 6.92 Å². The Morgan fingerprint density at radius 3 is 2.76 bits per heavy atom. The molecule has 1 aliphatic carbocycles. The number of anilines is 1. The summed E-state index contributed by atoms with van der Waals surface area (Å²) in [5.41, 5.74) is 1.17. The van der Waals surface area contributed by atoms with Crippen molar-refractivity contribution in [1.29, 1.82) is 0 Å². The first kappa shape index (κ1) is 12.2. The van der Waals surface area contributed by atoms with E-state index in [1.165, 1.54) is 6.07 Å². The van der Waals surface area contributed by atoms with Gasteiger partial charge in [-0.3, -0.25) is 4.72 Å². The van der Waals surface area contributed by atoms with Gasteiger partial charge in [-0.15, -0.1) is 0 Å². The zero-order valence-corrected chi connectivity index (χ0v) is 10.6. The van der Waals surface area contributed by atoms with Crippen molar-refractivity contribution in [2.24, 2.45) is 5.92 Å². The van der Waals surface area contributed by atoms with Crippen LogP contribution in [0.1, 0.15) is 24.8 Å². The second kappa shape index (κ2) is 4.56. The van der Waals surface area contributed by atoms with Gasteiger partial charge >= 0.3 is 0 Å². The number of hydrogen-bond acceptors (Lipinski definition) is 3. The Hall–Kier alpha value is -1.23. The Bertz CT molecular complexity index is 506. The maximum absolute atomic E-state index is 11.8. The number of phenolic OH excluding ortho intramolecular Hbond substituents is 1. The number of phenols is 1. The fourth-order valence-electron chi connectivity index (χ4n) is 1.68. The van der Waals surface area contributed by atoms with Crippen LogP contribution in [0.5, 0.6) is 5.75 Å². The predicted molar refractivity (Wildman–Crippen MR) is 67.6 cm³/mol. The topological polar surface area (TPSA) is 66.4 Å². The minimum Gasteiger partial charge on any atom is -0.506 e. The molecule has 0 atom stereocenters. The largest absolute Gasteiger partial charge is 0.506 e. The highest BCUT2D eigenvalue weighted by molar-refractivity contribution is 7.92. The molecule has 0 aromatic heterocycles. The van der Waals surface area contributed by atoms with E-state index in [-0.39, 0.29) is 17.2 Å². The standard InChI is InChI=1S/C12H17NO3S/c1-9-2-5-12(14)11(8-9)13-17(15,16)7-6-10-3-4-10/h2,5,8,10,13-14H,3-4,6-7H2,1H3. The second-order valence-electron chi connectivity index (χ2n) is 4.67. The molecule has 4 nitrogen and oxygen atoms in total. The molecule has 1 aliphatic rings. The summed E-state index contributed by atoms with van der Waals surface area (Å²) in [5.74, 6) is 0.675. The number of benzene rings is 1. The van der Waals surface area contributed by atoms with E-state index < -0.39 is 10.0 Å². The first-order chi connectivity index (χ1) is 7.96. The van der Waals surface area contributed by atoms with Crippen molar-refractivity contribution in [2.75, 3.05) is 10.5 Å². The van der Waals surface area contributed by atoms with E-state index in [4.69, 9.17) is 0 Å². The third-order valence-corrected chi connectivity index (χ3v) is 4.21.